The summed E-state index contributed by atoms with van der Waals surface area (Å²) in [5.74, 6) is -4.37. The highest BCUT2D eigenvalue weighted by molar-refractivity contribution is 5.89. The number of hydrogen-bond acceptors (Lipinski definition) is 30. The molecule has 0 aromatic heterocycles. The molecule has 3 saturated heterocycles. The molecular weight excluding hydrogens is 1410 g/mol. The first-order chi connectivity index (χ1) is 50.7. The molecule has 4 fully saturated rings. The summed E-state index contributed by atoms with van der Waals surface area (Å²) in [5, 5.41) is 125. The van der Waals surface area contributed by atoms with Crippen molar-refractivity contribution in [3.05, 3.63) is 0 Å². The smallest absolute Gasteiger partial charge is 0.242 e. The summed E-state index contributed by atoms with van der Waals surface area (Å²) in [6.45, 7) is 4.28. The molecule has 8 amide bonds. The third kappa shape index (κ3) is 34.7. The van der Waals surface area contributed by atoms with E-state index in [-0.39, 0.29) is 160 Å². The van der Waals surface area contributed by atoms with Gasteiger partial charge in [-0.1, -0.05) is 38.5 Å². The molecule has 106 heavy (non-hydrogen) atoms. The molecule has 612 valence electrons. The lowest BCUT2D eigenvalue weighted by atomic mass is 9.97. The zero-order valence-corrected chi connectivity index (χ0v) is 61.7. The van der Waals surface area contributed by atoms with Crippen LogP contribution in [0.1, 0.15) is 137 Å². The maximum atomic E-state index is 13.8. The molecule has 0 spiro atoms. The maximum absolute atomic E-state index is 13.8. The molecule has 20 atom stereocenters. The van der Waals surface area contributed by atoms with Gasteiger partial charge in [-0.15, -0.1) is 0 Å². The van der Waals surface area contributed by atoms with Gasteiger partial charge in [0, 0.05) is 84.7 Å². The van der Waals surface area contributed by atoms with Gasteiger partial charge in [0.2, 0.25) is 47.3 Å². The lowest BCUT2D eigenvalue weighted by Gasteiger charge is -2.42. The van der Waals surface area contributed by atoms with Crippen molar-refractivity contribution < 1.29 is 142 Å². The number of amides is 8. The van der Waals surface area contributed by atoms with Crippen LogP contribution in [-0.2, 0) is 90.5 Å². The van der Waals surface area contributed by atoms with Crippen LogP contribution >= 0.6 is 0 Å². The fourth-order valence-corrected chi connectivity index (χ4v) is 12.5. The Morgan fingerprint density at radius 1 is 0.425 bits per heavy atom. The van der Waals surface area contributed by atoms with Gasteiger partial charge in [0.1, 0.15) is 84.9 Å². The average Bonchev–Trinajstić information content (AvgIpc) is 1.14. The number of carbonyl (C=O) groups excluding carboxylic acids is 9. The van der Waals surface area contributed by atoms with E-state index in [1.165, 1.54) is 20.8 Å². The fraction of sp³-hybridized carbons (Fsp3) is 0.868. The molecule has 17 unspecified atom stereocenters. The Morgan fingerprint density at radius 3 is 1.24 bits per heavy atom. The van der Waals surface area contributed by atoms with Crippen LogP contribution < -0.4 is 47.9 Å². The zero-order valence-electron chi connectivity index (χ0n) is 61.7. The van der Waals surface area contributed by atoms with Crippen LogP contribution in [0, 0.1) is 5.92 Å². The van der Waals surface area contributed by atoms with Crippen molar-refractivity contribution in [3.63, 3.8) is 0 Å². The van der Waals surface area contributed by atoms with Crippen molar-refractivity contribution in [2.24, 2.45) is 5.92 Å². The Balaban J connectivity index is 1.32. The number of ketones is 1. The van der Waals surface area contributed by atoms with Crippen LogP contribution in [0.2, 0.25) is 0 Å². The van der Waals surface area contributed by atoms with Crippen LogP contribution in [0.3, 0.4) is 0 Å². The summed E-state index contributed by atoms with van der Waals surface area (Å²) in [6, 6.07) is -6.00. The third-order valence-electron chi connectivity index (χ3n) is 18.1. The van der Waals surface area contributed by atoms with E-state index in [0.717, 1.165) is 44.9 Å². The zero-order chi connectivity index (χ0) is 78.1. The molecule has 0 aromatic rings. The van der Waals surface area contributed by atoms with Crippen molar-refractivity contribution in [2.45, 2.75) is 260 Å². The highest BCUT2D eigenvalue weighted by atomic mass is 16.7. The topological polar surface area (TPSA) is 556 Å². The minimum atomic E-state index is -1.54. The fourth-order valence-electron chi connectivity index (χ4n) is 12.5. The predicted molar refractivity (Wildman–Crippen MR) is 371 cm³/mol. The SMILES string of the molecule is CC(=O)NC1C(OCCOCCNC(=O)CCC(NC(=O)CCC(NCC(=O)CCCCCCCCCCC(=O)N[C@@H]2C[C@H](CO)[C@@H](OC(C)C)C2)C(=O)NCCOCCOC2OC(CO)C(O)C(O)C2NC(C)=O)C(=O)NCCOCCOC2OC(CO)C(O)C(O)C2NC(C)=O)OC(CO)C(O)C1O. The molecule has 38 nitrogen and oxygen atoms in total. The standard InChI is InChI=1S/C68H121N9O29/c1-39(2)103-48-33-44(32-43(48)35-78)76-53(87)15-13-11-9-7-6-8-10-12-14-45(85)34-72-46(64(95)70-21-24-98-27-30-101-67-56(74-41(4)83)62(93)59(90)50(37-80)105-67)16-19-54(88)77-47(65(96)71-22-25-99-28-31-102-68-57(75-42(5)84)63(94)60(91)51(38-81)106-68)17-18-52(86)69-20-23-97-26-29-100-66-55(73-40(3)82)61(92)58(89)49(36-79)104-66/h39,43-44,46-51,55-63,66-68,72,78-81,89-94H,6-38H2,1-5H3,(H,69,86)(H,70,95)(H,71,96)(H,73,82)(H,74,83)(H,75,84)(H,76,87)(H,77,88)/t43-,44-,46?,47?,48+,49?,50?,51?,55?,56?,57?,58?,59?,60?,61?,62?,63?,66?,67?,68?/m1/s1. The molecule has 4 aliphatic rings. The maximum Gasteiger partial charge on any atom is 0.242 e. The van der Waals surface area contributed by atoms with Gasteiger partial charge in [0.15, 0.2) is 18.9 Å². The van der Waals surface area contributed by atoms with Crippen LogP contribution in [0.25, 0.3) is 0 Å². The van der Waals surface area contributed by atoms with Gasteiger partial charge in [-0.3, -0.25) is 48.5 Å². The largest absolute Gasteiger partial charge is 0.396 e. The molecule has 0 radical (unpaired) electrons. The summed E-state index contributed by atoms with van der Waals surface area (Å²) in [4.78, 5) is 116. The van der Waals surface area contributed by atoms with E-state index in [0.29, 0.717) is 25.7 Å². The molecule has 1 aliphatic carbocycles. The molecule has 3 heterocycles. The second kappa shape index (κ2) is 51.9. The van der Waals surface area contributed by atoms with Crippen molar-refractivity contribution in [3.8, 4) is 0 Å². The molecule has 4 rings (SSSR count). The Labute approximate surface area is 618 Å². The molecular formula is C68H121N9O29. The predicted octanol–water partition coefficient (Wildman–Crippen LogP) is -6.58. The summed E-state index contributed by atoms with van der Waals surface area (Å²) >= 11 is 0. The summed E-state index contributed by atoms with van der Waals surface area (Å²) in [6.07, 6.45) is -8.89. The Morgan fingerprint density at radius 2 is 0.821 bits per heavy atom. The first kappa shape index (κ1) is 93.0. The Bertz CT molecular complexity index is 2590. The number of aliphatic hydroxyl groups is 10. The van der Waals surface area contributed by atoms with E-state index >= 15 is 0 Å². The van der Waals surface area contributed by atoms with Gasteiger partial charge in [0.25, 0.3) is 0 Å². The second-order valence-electron chi connectivity index (χ2n) is 27.1. The van der Waals surface area contributed by atoms with Crippen molar-refractivity contribution in [1.82, 2.24) is 47.9 Å². The minimum absolute atomic E-state index is 0.00218. The van der Waals surface area contributed by atoms with Gasteiger partial charge in [-0.05, 0) is 52.4 Å². The molecule has 38 heteroatoms. The van der Waals surface area contributed by atoms with E-state index in [9.17, 15) is 94.2 Å². The van der Waals surface area contributed by atoms with Crippen LogP contribution in [0.5, 0.6) is 0 Å². The molecule has 3 aliphatic heterocycles. The number of unbranched alkanes of at least 4 members (excludes halogenated alkanes) is 7. The normalized spacial score (nSPS) is 27.9. The molecule has 19 N–H and O–H groups in total. The number of aliphatic hydroxyl groups excluding tert-OH is 10. The first-order valence-electron chi connectivity index (χ1n) is 36.9. The van der Waals surface area contributed by atoms with Crippen molar-refractivity contribution in [2.75, 3.05) is 112 Å². The summed E-state index contributed by atoms with van der Waals surface area (Å²) in [7, 11) is 0. The van der Waals surface area contributed by atoms with Gasteiger partial charge in [-0.2, -0.15) is 0 Å². The van der Waals surface area contributed by atoms with Crippen LogP contribution in [0.4, 0.5) is 0 Å². The van der Waals surface area contributed by atoms with E-state index in [1.807, 2.05) is 13.8 Å². The first-order valence-corrected chi connectivity index (χ1v) is 36.9. The van der Waals surface area contributed by atoms with Gasteiger partial charge < -0.3 is 141 Å². The number of Topliss-reactive ketones (excluding diaryl/α,β-unsaturated/α-hetero) is 1. The quantitative estimate of drug-likeness (QED) is 0.0252. The lowest BCUT2D eigenvalue weighted by molar-refractivity contribution is -0.272. The van der Waals surface area contributed by atoms with Crippen molar-refractivity contribution in [1.29, 1.82) is 0 Å². The summed E-state index contributed by atoms with van der Waals surface area (Å²) < 4.78 is 56.4. The van der Waals surface area contributed by atoms with E-state index < -0.39 is 165 Å². The number of rotatable bonds is 54. The van der Waals surface area contributed by atoms with Crippen LogP contribution in [-0.4, -0.2) is 338 Å². The number of carbonyl (C=O) groups is 9. The van der Waals surface area contributed by atoms with Gasteiger partial charge in [-0.25, -0.2) is 0 Å². The molecule has 0 aromatic carbocycles. The van der Waals surface area contributed by atoms with Gasteiger partial charge >= 0.3 is 0 Å². The minimum Gasteiger partial charge on any atom is -0.396 e. The van der Waals surface area contributed by atoms with E-state index in [4.69, 9.17) is 47.4 Å². The third-order valence-corrected chi connectivity index (χ3v) is 18.1. The van der Waals surface area contributed by atoms with Crippen LogP contribution in [0.15, 0.2) is 0 Å². The van der Waals surface area contributed by atoms with Gasteiger partial charge in [0.05, 0.1) is 104 Å². The van der Waals surface area contributed by atoms with E-state index in [2.05, 4.69) is 47.9 Å². The number of nitrogens with one attached hydrogen (secondary N) is 9. The van der Waals surface area contributed by atoms with E-state index in [1.54, 1.807) is 0 Å². The Hall–Kier alpha value is -5.41. The second-order valence-corrected chi connectivity index (χ2v) is 27.1. The number of ether oxygens (including phenoxy) is 10. The Kier molecular flexibility index (Phi) is 45.5. The molecule has 0 bridgehead atoms. The highest BCUT2D eigenvalue weighted by Crippen LogP contribution is 2.30. The summed E-state index contributed by atoms with van der Waals surface area (Å²) in [5.41, 5.74) is 0. The monoisotopic (exact) mass is 1530 g/mol. The average molecular weight is 1530 g/mol. The van der Waals surface area contributed by atoms with Crippen molar-refractivity contribution >= 4 is 53.0 Å². The highest BCUT2D eigenvalue weighted by Gasteiger charge is 2.48. The molecule has 1 saturated carbocycles. The lowest BCUT2D eigenvalue weighted by Crippen LogP contribution is -2.64. The number of hydrogen-bond donors (Lipinski definition) is 19.